The molecule has 0 bridgehead atoms. The number of sulfonamides is 1. The molecule has 1 amide bonds. The summed E-state index contributed by atoms with van der Waals surface area (Å²) in [6, 6.07) is 7.10. The number of hydrogen-bond donors (Lipinski definition) is 2. The Balaban J connectivity index is 1.75. The van der Waals surface area contributed by atoms with Crippen molar-refractivity contribution in [1.29, 1.82) is 0 Å². The number of hydrogen-bond acceptors (Lipinski definition) is 5. The highest BCUT2D eigenvalue weighted by Crippen LogP contribution is 2.37. The summed E-state index contributed by atoms with van der Waals surface area (Å²) in [5.41, 5.74) is 0.310. The smallest absolute Gasteiger partial charge is 0.257 e. The van der Waals surface area contributed by atoms with Crippen LogP contribution in [-0.2, 0) is 15.4 Å². The van der Waals surface area contributed by atoms with Crippen LogP contribution in [0.25, 0.3) is 22.1 Å². The average molecular weight is 504 g/mol. The highest BCUT2D eigenvalue weighted by atomic mass is 32.2. The Kier molecular flexibility index (Phi) is 6.39. The second kappa shape index (κ2) is 8.91. The number of furan rings is 1. The SMILES string of the molecule is CC(C)(C)c1cc(-c2ccc[nH]c2=O)cc2c(C(=O)N3CCCC(F)(CNS(C)(=O)=O)C3)coc12. The zero-order valence-corrected chi connectivity index (χ0v) is 21.1. The Hall–Kier alpha value is -2.98. The molecule has 1 aromatic carbocycles. The number of fused-ring (bicyclic) bond motifs is 1. The van der Waals surface area contributed by atoms with Gasteiger partial charge in [0.25, 0.3) is 11.5 Å². The third-order valence-corrected chi connectivity index (χ3v) is 6.98. The van der Waals surface area contributed by atoms with Gasteiger partial charge in [-0.2, -0.15) is 0 Å². The number of nitrogens with zero attached hydrogens (tertiary/aromatic N) is 1. The van der Waals surface area contributed by atoms with Crippen molar-refractivity contribution in [2.24, 2.45) is 0 Å². The fraction of sp³-hybridized carbons (Fsp3) is 0.440. The topological polar surface area (TPSA) is 112 Å². The van der Waals surface area contributed by atoms with Crippen LogP contribution in [0.1, 0.15) is 49.5 Å². The largest absolute Gasteiger partial charge is 0.463 e. The first-order valence-electron chi connectivity index (χ1n) is 11.4. The van der Waals surface area contributed by atoms with E-state index in [1.165, 1.54) is 11.2 Å². The monoisotopic (exact) mass is 503 g/mol. The van der Waals surface area contributed by atoms with E-state index < -0.39 is 28.1 Å². The summed E-state index contributed by atoms with van der Waals surface area (Å²) in [6.07, 6.45) is 4.47. The predicted molar refractivity (Wildman–Crippen MR) is 133 cm³/mol. The van der Waals surface area contributed by atoms with E-state index in [1.807, 2.05) is 26.8 Å². The molecule has 0 spiro atoms. The van der Waals surface area contributed by atoms with E-state index in [2.05, 4.69) is 9.71 Å². The van der Waals surface area contributed by atoms with Crippen LogP contribution in [0.5, 0.6) is 0 Å². The molecule has 188 valence electrons. The van der Waals surface area contributed by atoms with Crippen molar-refractivity contribution in [2.75, 3.05) is 25.9 Å². The van der Waals surface area contributed by atoms with Crippen LogP contribution in [0.4, 0.5) is 4.39 Å². The molecule has 35 heavy (non-hydrogen) atoms. The van der Waals surface area contributed by atoms with Crippen LogP contribution in [0.2, 0.25) is 0 Å². The maximum absolute atomic E-state index is 15.4. The molecule has 4 rings (SSSR count). The van der Waals surface area contributed by atoms with Crippen molar-refractivity contribution < 1.29 is 22.0 Å². The van der Waals surface area contributed by atoms with E-state index in [0.717, 1.165) is 11.8 Å². The van der Waals surface area contributed by atoms with Crippen LogP contribution >= 0.6 is 0 Å². The highest BCUT2D eigenvalue weighted by molar-refractivity contribution is 7.88. The summed E-state index contributed by atoms with van der Waals surface area (Å²) in [7, 11) is -3.56. The van der Waals surface area contributed by atoms with Gasteiger partial charge in [-0.25, -0.2) is 17.5 Å². The summed E-state index contributed by atoms with van der Waals surface area (Å²) in [4.78, 5) is 30.1. The van der Waals surface area contributed by atoms with E-state index in [-0.39, 0.29) is 29.5 Å². The molecule has 0 radical (unpaired) electrons. The molecule has 1 saturated heterocycles. The number of piperidine rings is 1. The minimum Gasteiger partial charge on any atom is -0.463 e. The number of carbonyl (C=O) groups is 1. The van der Waals surface area contributed by atoms with Gasteiger partial charge in [-0.3, -0.25) is 9.59 Å². The summed E-state index contributed by atoms with van der Waals surface area (Å²) < 4.78 is 46.4. The second-order valence-corrected chi connectivity index (χ2v) is 12.1. The lowest BCUT2D eigenvalue weighted by Crippen LogP contribution is -2.53. The summed E-state index contributed by atoms with van der Waals surface area (Å²) in [5, 5.41) is 0.546. The second-order valence-electron chi connectivity index (χ2n) is 10.3. The van der Waals surface area contributed by atoms with Crippen molar-refractivity contribution in [3.8, 4) is 11.1 Å². The minimum absolute atomic E-state index is 0.153. The first kappa shape index (κ1) is 25.1. The molecule has 3 heterocycles. The van der Waals surface area contributed by atoms with Gasteiger partial charge in [0.2, 0.25) is 10.0 Å². The fourth-order valence-electron chi connectivity index (χ4n) is 4.50. The van der Waals surface area contributed by atoms with Crippen LogP contribution in [0.15, 0.2) is 45.9 Å². The minimum atomic E-state index is -3.56. The number of rotatable bonds is 5. The zero-order chi connectivity index (χ0) is 25.6. The molecule has 3 aromatic rings. The van der Waals surface area contributed by atoms with Gasteiger partial charge in [-0.05, 0) is 48.1 Å². The standard InChI is InChI=1S/C25H30FN3O5S/c1-24(2,3)20-12-16(17-7-5-9-27-22(17)30)11-18-19(13-34-21(18)20)23(31)29-10-6-8-25(26,15-29)14-28-35(4,32)33/h5,7,9,11-13,28H,6,8,10,14-15H2,1-4H3,(H,27,30). The van der Waals surface area contributed by atoms with Gasteiger partial charge in [0.15, 0.2) is 0 Å². The van der Waals surface area contributed by atoms with Crippen LogP contribution in [-0.4, -0.2) is 55.8 Å². The van der Waals surface area contributed by atoms with Crippen LogP contribution in [0, 0.1) is 0 Å². The summed E-state index contributed by atoms with van der Waals surface area (Å²) in [5.74, 6) is -0.399. The highest BCUT2D eigenvalue weighted by Gasteiger charge is 2.39. The quantitative estimate of drug-likeness (QED) is 0.553. The molecule has 1 fully saturated rings. The molecule has 2 N–H and O–H groups in total. The van der Waals surface area contributed by atoms with Gasteiger partial charge in [0, 0.05) is 35.8 Å². The van der Waals surface area contributed by atoms with E-state index in [0.29, 0.717) is 35.1 Å². The lowest BCUT2D eigenvalue weighted by Gasteiger charge is -2.37. The molecule has 1 aliphatic rings. The van der Waals surface area contributed by atoms with Gasteiger partial charge < -0.3 is 14.3 Å². The first-order chi connectivity index (χ1) is 16.3. The maximum Gasteiger partial charge on any atom is 0.257 e. The van der Waals surface area contributed by atoms with E-state index >= 15 is 4.39 Å². The predicted octanol–water partition coefficient (Wildman–Crippen LogP) is 3.58. The maximum atomic E-state index is 15.4. The zero-order valence-electron chi connectivity index (χ0n) is 20.3. The number of likely N-dealkylation sites (tertiary alicyclic amines) is 1. The Bertz CT molecular complexity index is 1440. The lowest BCUT2D eigenvalue weighted by atomic mass is 9.84. The third kappa shape index (κ3) is 5.33. The Morgan fingerprint density at radius 2 is 2.06 bits per heavy atom. The number of nitrogens with one attached hydrogen (secondary N) is 2. The molecule has 1 atom stereocenters. The van der Waals surface area contributed by atoms with Crippen molar-refractivity contribution >= 4 is 26.9 Å². The van der Waals surface area contributed by atoms with E-state index in [9.17, 15) is 18.0 Å². The van der Waals surface area contributed by atoms with Crippen molar-refractivity contribution in [3.05, 3.63) is 58.2 Å². The first-order valence-corrected chi connectivity index (χ1v) is 13.3. The van der Waals surface area contributed by atoms with Gasteiger partial charge >= 0.3 is 0 Å². The number of H-pyrrole nitrogens is 1. The number of halogens is 1. The number of carbonyl (C=O) groups excluding carboxylic acids is 1. The van der Waals surface area contributed by atoms with Gasteiger partial charge in [0.1, 0.15) is 17.5 Å². The Morgan fingerprint density at radius 1 is 1.31 bits per heavy atom. The Morgan fingerprint density at radius 3 is 2.71 bits per heavy atom. The molecule has 0 aliphatic carbocycles. The molecule has 1 aliphatic heterocycles. The summed E-state index contributed by atoms with van der Waals surface area (Å²) >= 11 is 0. The van der Waals surface area contributed by atoms with E-state index in [4.69, 9.17) is 4.42 Å². The van der Waals surface area contributed by atoms with Gasteiger partial charge in [-0.15, -0.1) is 0 Å². The molecule has 10 heteroatoms. The Labute approximate surface area is 203 Å². The van der Waals surface area contributed by atoms with E-state index in [1.54, 1.807) is 24.4 Å². The lowest BCUT2D eigenvalue weighted by molar-refractivity contribution is 0.0365. The summed E-state index contributed by atoms with van der Waals surface area (Å²) in [6.45, 7) is 5.77. The number of pyridine rings is 1. The normalized spacial score (nSPS) is 19.3. The van der Waals surface area contributed by atoms with Crippen molar-refractivity contribution in [1.82, 2.24) is 14.6 Å². The van der Waals surface area contributed by atoms with Crippen molar-refractivity contribution in [2.45, 2.75) is 44.7 Å². The number of benzene rings is 1. The average Bonchev–Trinajstić information content (AvgIpc) is 3.20. The number of aromatic amines is 1. The van der Waals surface area contributed by atoms with Gasteiger partial charge in [-0.1, -0.05) is 20.8 Å². The molecule has 0 saturated carbocycles. The van der Waals surface area contributed by atoms with Crippen LogP contribution < -0.4 is 10.3 Å². The molecule has 1 unspecified atom stereocenters. The van der Waals surface area contributed by atoms with Gasteiger partial charge in [0.05, 0.1) is 18.4 Å². The number of alkyl halides is 1. The molecular formula is C25H30FN3O5S. The number of amides is 1. The number of aromatic nitrogens is 1. The third-order valence-electron chi connectivity index (χ3n) is 6.31. The fourth-order valence-corrected chi connectivity index (χ4v) is 5.02. The molecule has 2 aromatic heterocycles. The molecule has 8 nitrogen and oxygen atoms in total. The van der Waals surface area contributed by atoms with Crippen molar-refractivity contribution in [3.63, 3.8) is 0 Å². The van der Waals surface area contributed by atoms with Crippen LogP contribution in [0.3, 0.4) is 0 Å². The molecular weight excluding hydrogens is 473 g/mol.